The summed E-state index contributed by atoms with van der Waals surface area (Å²) in [7, 11) is 0. The average Bonchev–Trinajstić information content (AvgIpc) is 2.90. The lowest BCUT2D eigenvalue weighted by molar-refractivity contribution is -0.132. The molecule has 1 fully saturated rings. The Hall–Kier alpha value is -2.64. The molecule has 1 aliphatic heterocycles. The van der Waals surface area contributed by atoms with E-state index < -0.39 is 6.04 Å². The first-order valence-corrected chi connectivity index (χ1v) is 13.4. The van der Waals surface area contributed by atoms with Crippen molar-refractivity contribution >= 4 is 34.8 Å². The predicted molar refractivity (Wildman–Crippen MR) is 150 cm³/mol. The lowest BCUT2D eigenvalue weighted by Gasteiger charge is -2.38. The molecule has 1 saturated heterocycles. The van der Waals surface area contributed by atoms with Gasteiger partial charge < -0.3 is 20.9 Å². The van der Waals surface area contributed by atoms with Gasteiger partial charge >= 0.3 is 0 Å². The smallest absolute Gasteiger partial charge is 0.239 e. The molecule has 1 heterocycles. The van der Waals surface area contributed by atoms with Crippen LogP contribution in [0.2, 0.25) is 10.0 Å². The quantitative estimate of drug-likeness (QED) is 0.396. The van der Waals surface area contributed by atoms with Crippen LogP contribution in [0.25, 0.3) is 0 Å². The third-order valence-corrected chi connectivity index (χ3v) is 7.41. The van der Waals surface area contributed by atoms with Crippen LogP contribution in [0.3, 0.4) is 0 Å². The van der Waals surface area contributed by atoms with E-state index >= 15 is 0 Å². The van der Waals surface area contributed by atoms with Gasteiger partial charge in [0.2, 0.25) is 5.91 Å². The molecule has 0 saturated carbocycles. The molecule has 1 unspecified atom stereocenters. The molecule has 1 aliphatic rings. The summed E-state index contributed by atoms with van der Waals surface area (Å²) in [4.78, 5) is 17.2. The topological polar surface area (TPSA) is 61.6 Å². The third-order valence-electron chi connectivity index (χ3n) is 6.82. The molecule has 3 N–H and O–H groups in total. The highest BCUT2D eigenvalue weighted by molar-refractivity contribution is 6.35. The highest BCUT2D eigenvalue weighted by atomic mass is 35.5. The lowest BCUT2D eigenvalue weighted by atomic mass is 10.0. The van der Waals surface area contributed by atoms with E-state index in [9.17, 15) is 9.18 Å². The first-order valence-electron chi connectivity index (χ1n) is 12.6. The second-order valence-electron chi connectivity index (χ2n) is 9.56. The summed E-state index contributed by atoms with van der Waals surface area (Å²) in [6, 6.07) is 20.0. The third kappa shape index (κ3) is 7.23. The van der Waals surface area contributed by atoms with Crippen molar-refractivity contribution in [2.75, 3.05) is 31.1 Å². The zero-order valence-corrected chi connectivity index (χ0v) is 22.5. The molecule has 0 radical (unpaired) electrons. The number of hydrogen-bond acceptors (Lipinski definition) is 4. The molecular weight excluding hydrogens is 510 g/mol. The summed E-state index contributed by atoms with van der Waals surface area (Å²) >= 11 is 12.2. The Labute approximate surface area is 228 Å². The Morgan fingerprint density at radius 2 is 1.62 bits per heavy atom. The van der Waals surface area contributed by atoms with Crippen molar-refractivity contribution in [2.24, 2.45) is 5.73 Å². The Kier molecular flexibility index (Phi) is 9.43. The molecule has 37 heavy (non-hydrogen) atoms. The Morgan fingerprint density at radius 3 is 2.32 bits per heavy atom. The molecule has 0 spiro atoms. The maximum absolute atomic E-state index is 14.0. The molecule has 3 aromatic carbocycles. The number of halogens is 3. The zero-order valence-electron chi connectivity index (χ0n) is 21.0. The summed E-state index contributed by atoms with van der Waals surface area (Å²) in [5, 5.41) is 4.52. The van der Waals surface area contributed by atoms with Gasteiger partial charge in [0.05, 0.1) is 6.04 Å². The van der Waals surface area contributed by atoms with E-state index in [0.29, 0.717) is 41.7 Å². The van der Waals surface area contributed by atoms with Gasteiger partial charge in [0.25, 0.3) is 0 Å². The van der Waals surface area contributed by atoms with Gasteiger partial charge in [-0.25, -0.2) is 4.39 Å². The van der Waals surface area contributed by atoms with E-state index in [1.54, 1.807) is 24.3 Å². The number of hydrogen-bond donors (Lipinski definition) is 2. The average molecular weight is 544 g/mol. The van der Waals surface area contributed by atoms with Gasteiger partial charge in [-0.15, -0.1) is 0 Å². The van der Waals surface area contributed by atoms with Crippen molar-refractivity contribution in [1.29, 1.82) is 0 Å². The molecule has 5 nitrogen and oxygen atoms in total. The molecule has 2 atom stereocenters. The number of benzene rings is 3. The van der Waals surface area contributed by atoms with Crippen LogP contribution in [0.15, 0.2) is 66.7 Å². The maximum atomic E-state index is 14.0. The van der Waals surface area contributed by atoms with Crippen molar-refractivity contribution in [3.8, 4) is 0 Å². The normalized spacial score (nSPS) is 15.5. The second kappa shape index (κ2) is 12.7. The van der Waals surface area contributed by atoms with Gasteiger partial charge in [-0.2, -0.15) is 0 Å². The first kappa shape index (κ1) is 27.4. The number of para-hydroxylation sites is 1. The van der Waals surface area contributed by atoms with Gasteiger partial charge in [-0.3, -0.25) is 4.79 Å². The highest BCUT2D eigenvalue weighted by Crippen LogP contribution is 2.25. The number of rotatable bonds is 9. The first-order chi connectivity index (χ1) is 17.8. The number of anilines is 1. The summed E-state index contributed by atoms with van der Waals surface area (Å²) in [5.41, 5.74) is 10.1. The Bertz CT molecular complexity index is 1220. The van der Waals surface area contributed by atoms with Crippen molar-refractivity contribution in [1.82, 2.24) is 10.2 Å². The van der Waals surface area contributed by atoms with Crippen LogP contribution >= 0.6 is 23.2 Å². The largest absolute Gasteiger partial charge is 0.368 e. The minimum Gasteiger partial charge on any atom is -0.368 e. The van der Waals surface area contributed by atoms with Gasteiger partial charge in [-0.05, 0) is 55.2 Å². The monoisotopic (exact) mass is 542 g/mol. The molecule has 8 heteroatoms. The molecule has 1 amide bonds. The van der Waals surface area contributed by atoms with Crippen LogP contribution in [0.1, 0.15) is 23.6 Å². The summed E-state index contributed by atoms with van der Waals surface area (Å²) in [6.45, 7) is 5.27. The van der Waals surface area contributed by atoms with Gasteiger partial charge in [0.1, 0.15) is 5.82 Å². The van der Waals surface area contributed by atoms with Crippen LogP contribution in [-0.4, -0.2) is 49.1 Å². The van der Waals surface area contributed by atoms with E-state index in [2.05, 4.69) is 29.3 Å². The summed E-state index contributed by atoms with van der Waals surface area (Å²) < 4.78 is 14.0. The molecular formula is C29H33Cl2FN4O. The molecule has 3 aromatic rings. The fraction of sp³-hybridized carbons (Fsp3) is 0.345. The number of carbonyl (C=O) groups is 1. The lowest BCUT2D eigenvalue weighted by Crippen LogP contribution is -2.53. The number of nitrogens with zero attached hydrogens (tertiary/aromatic N) is 2. The van der Waals surface area contributed by atoms with Crippen LogP contribution < -0.4 is 16.0 Å². The summed E-state index contributed by atoms with van der Waals surface area (Å²) in [5.74, 6) is -0.254. The molecule has 0 bridgehead atoms. The number of carbonyl (C=O) groups excluding carboxylic acids is 1. The molecule has 4 rings (SSSR count). The fourth-order valence-corrected chi connectivity index (χ4v) is 5.22. The molecule has 196 valence electrons. The standard InChI is InChI=1S/C29H33Cl2FN4O/c1-20(34-19-23-7-2-4-8-26(23)32)16-22-6-3-5-9-28(22)35-12-14-36(15-13-35)29(37)27(33)17-21-10-11-24(30)18-25(21)31/h2-11,18,20,27,34H,12-17,19,33H2,1H3/t20?,27-/m1/s1. The van der Waals surface area contributed by atoms with E-state index in [4.69, 9.17) is 28.9 Å². The number of nitrogens with one attached hydrogen (secondary N) is 1. The van der Waals surface area contributed by atoms with E-state index in [1.807, 2.05) is 29.2 Å². The Balaban J connectivity index is 1.31. The van der Waals surface area contributed by atoms with E-state index in [-0.39, 0.29) is 17.8 Å². The van der Waals surface area contributed by atoms with Crippen LogP contribution in [0.4, 0.5) is 10.1 Å². The predicted octanol–water partition coefficient (Wildman–Crippen LogP) is 5.07. The fourth-order valence-electron chi connectivity index (χ4n) is 4.73. The van der Waals surface area contributed by atoms with Crippen LogP contribution in [0.5, 0.6) is 0 Å². The molecule has 0 aliphatic carbocycles. The van der Waals surface area contributed by atoms with Crippen LogP contribution in [-0.2, 0) is 24.2 Å². The summed E-state index contributed by atoms with van der Waals surface area (Å²) in [6.07, 6.45) is 1.19. The van der Waals surface area contributed by atoms with Crippen molar-refractivity contribution in [3.63, 3.8) is 0 Å². The van der Waals surface area contributed by atoms with Gasteiger partial charge in [0.15, 0.2) is 0 Å². The number of nitrogens with two attached hydrogens (primary N) is 1. The number of amides is 1. The van der Waals surface area contributed by atoms with E-state index in [1.165, 1.54) is 17.3 Å². The second-order valence-corrected chi connectivity index (χ2v) is 10.4. The number of piperazine rings is 1. The molecule has 0 aromatic heterocycles. The van der Waals surface area contributed by atoms with Crippen LogP contribution in [0, 0.1) is 5.82 Å². The minimum absolute atomic E-state index is 0.0649. The van der Waals surface area contributed by atoms with E-state index in [0.717, 1.165) is 25.1 Å². The zero-order chi connectivity index (χ0) is 26.4. The van der Waals surface area contributed by atoms with Gasteiger partial charge in [-0.1, -0.05) is 65.7 Å². The van der Waals surface area contributed by atoms with Crippen molar-refractivity contribution in [3.05, 3.63) is 99.3 Å². The maximum Gasteiger partial charge on any atom is 0.239 e. The van der Waals surface area contributed by atoms with Crippen molar-refractivity contribution in [2.45, 2.75) is 38.4 Å². The van der Waals surface area contributed by atoms with Gasteiger partial charge in [0, 0.05) is 60.1 Å². The minimum atomic E-state index is -0.654. The Morgan fingerprint density at radius 1 is 0.946 bits per heavy atom. The SMILES string of the molecule is CC(Cc1ccccc1N1CCN(C(=O)[C@H](N)Cc2ccc(Cl)cc2Cl)CC1)NCc1ccccc1F. The highest BCUT2D eigenvalue weighted by Gasteiger charge is 2.27. The van der Waals surface area contributed by atoms with Crippen molar-refractivity contribution < 1.29 is 9.18 Å².